The van der Waals surface area contributed by atoms with Gasteiger partial charge >= 0.3 is 0 Å². The van der Waals surface area contributed by atoms with Crippen molar-refractivity contribution < 1.29 is 9.59 Å². The Bertz CT molecular complexity index is 513. The summed E-state index contributed by atoms with van der Waals surface area (Å²) in [4.78, 5) is 26.0. The molecular weight excluding hydrogens is 278 g/mol. The van der Waals surface area contributed by atoms with Gasteiger partial charge in [0.25, 0.3) is 0 Å². The van der Waals surface area contributed by atoms with Crippen molar-refractivity contribution in [3.05, 3.63) is 35.4 Å². The topological polar surface area (TPSA) is 61.4 Å². The highest BCUT2D eigenvalue weighted by Gasteiger charge is 2.35. The Balaban J connectivity index is 1.93. The van der Waals surface area contributed by atoms with Gasteiger partial charge in [0.15, 0.2) is 0 Å². The minimum atomic E-state index is -0.338. The fraction of sp³-hybridized carbons (Fsp3) is 0.529. The monoisotopic (exact) mass is 303 g/mol. The Hall–Kier alpha value is -1.88. The van der Waals surface area contributed by atoms with Gasteiger partial charge in [-0.1, -0.05) is 36.8 Å². The zero-order valence-corrected chi connectivity index (χ0v) is 13.4. The number of benzene rings is 1. The van der Waals surface area contributed by atoms with Crippen LogP contribution < -0.4 is 10.6 Å². The van der Waals surface area contributed by atoms with Gasteiger partial charge in [0, 0.05) is 26.1 Å². The zero-order valence-electron chi connectivity index (χ0n) is 13.4. The molecule has 120 valence electrons. The molecule has 0 aliphatic carbocycles. The summed E-state index contributed by atoms with van der Waals surface area (Å²) in [5.41, 5.74) is 2.25. The molecule has 0 radical (unpaired) electrons. The molecule has 1 heterocycles. The molecule has 0 spiro atoms. The smallest absolute Gasteiger partial charge is 0.242 e. The first-order chi connectivity index (χ1) is 10.6. The van der Waals surface area contributed by atoms with E-state index in [1.165, 1.54) is 5.56 Å². The molecule has 5 heteroatoms. The van der Waals surface area contributed by atoms with Crippen LogP contribution in [0.3, 0.4) is 0 Å². The molecule has 2 rings (SSSR count). The lowest BCUT2D eigenvalue weighted by atomic mass is 10.1. The van der Waals surface area contributed by atoms with Gasteiger partial charge < -0.3 is 15.5 Å². The van der Waals surface area contributed by atoms with Crippen molar-refractivity contribution in [1.82, 2.24) is 15.5 Å². The lowest BCUT2D eigenvalue weighted by Crippen LogP contribution is -2.45. The van der Waals surface area contributed by atoms with E-state index in [2.05, 4.69) is 10.6 Å². The summed E-state index contributed by atoms with van der Waals surface area (Å²) in [6.07, 6.45) is 1.06. The van der Waals surface area contributed by atoms with Gasteiger partial charge in [-0.05, 0) is 25.5 Å². The first kappa shape index (κ1) is 16.5. The molecule has 1 saturated heterocycles. The molecular formula is C17H25N3O2. The predicted molar refractivity (Wildman–Crippen MR) is 86.3 cm³/mol. The van der Waals surface area contributed by atoms with E-state index in [1.54, 1.807) is 4.90 Å². The normalized spacial score (nSPS) is 17.8. The minimum absolute atomic E-state index is 0.0455. The second kappa shape index (κ2) is 7.94. The van der Waals surface area contributed by atoms with E-state index in [4.69, 9.17) is 0 Å². The van der Waals surface area contributed by atoms with Crippen molar-refractivity contribution in [2.45, 2.75) is 39.3 Å². The molecule has 0 bridgehead atoms. The summed E-state index contributed by atoms with van der Waals surface area (Å²) in [6.45, 7) is 6.80. The number of rotatable bonds is 7. The summed E-state index contributed by atoms with van der Waals surface area (Å²) in [6, 6.07) is 7.75. The summed E-state index contributed by atoms with van der Waals surface area (Å²) in [5, 5.41) is 6.07. The highest BCUT2D eigenvalue weighted by atomic mass is 16.2. The number of carbonyl (C=O) groups excluding carboxylic acids is 2. The standard InChI is InChI=1S/C17H25N3O2/c1-3-18-10-11-19-17(22)15-8-9-16(21)20(15)12-14-6-4-13(2)5-7-14/h4-7,15,18H,3,8-12H2,1-2H3,(H,19,22). The summed E-state index contributed by atoms with van der Waals surface area (Å²) in [5.74, 6) is 0.0169. The van der Waals surface area contributed by atoms with E-state index in [0.29, 0.717) is 25.9 Å². The fourth-order valence-electron chi connectivity index (χ4n) is 2.66. The first-order valence-electron chi connectivity index (χ1n) is 7.95. The molecule has 2 N–H and O–H groups in total. The van der Waals surface area contributed by atoms with Gasteiger partial charge in [-0.25, -0.2) is 0 Å². The number of amides is 2. The van der Waals surface area contributed by atoms with Crippen LogP contribution in [0.1, 0.15) is 30.9 Å². The highest BCUT2D eigenvalue weighted by Crippen LogP contribution is 2.21. The van der Waals surface area contributed by atoms with Crippen LogP contribution in [-0.4, -0.2) is 42.4 Å². The van der Waals surface area contributed by atoms with Gasteiger partial charge in [-0.15, -0.1) is 0 Å². The number of likely N-dealkylation sites (N-methyl/N-ethyl adjacent to an activating group) is 1. The Labute approximate surface area is 132 Å². The van der Waals surface area contributed by atoms with E-state index >= 15 is 0 Å². The lowest BCUT2D eigenvalue weighted by molar-refractivity contribution is -0.135. The molecule has 0 aromatic heterocycles. The first-order valence-corrected chi connectivity index (χ1v) is 7.95. The molecule has 1 aromatic carbocycles. The van der Waals surface area contributed by atoms with Gasteiger partial charge in [-0.3, -0.25) is 9.59 Å². The summed E-state index contributed by atoms with van der Waals surface area (Å²) in [7, 11) is 0. The maximum absolute atomic E-state index is 12.3. The van der Waals surface area contributed by atoms with Crippen LogP contribution in [0.15, 0.2) is 24.3 Å². The van der Waals surface area contributed by atoms with Gasteiger partial charge in [0.05, 0.1) is 0 Å². The quantitative estimate of drug-likeness (QED) is 0.744. The SMILES string of the molecule is CCNCCNC(=O)C1CCC(=O)N1Cc1ccc(C)cc1. The zero-order chi connectivity index (χ0) is 15.9. The van der Waals surface area contributed by atoms with Crippen molar-refractivity contribution in [2.75, 3.05) is 19.6 Å². The number of nitrogens with one attached hydrogen (secondary N) is 2. The van der Waals surface area contributed by atoms with Crippen molar-refractivity contribution >= 4 is 11.8 Å². The Morgan fingerprint density at radius 1 is 1.27 bits per heavy atom. The van der Waals surface area contributed by atoms with Crippen molar-refractivity contribution in [3.63, 3.8) is 0 Å². The maximum atomic E-state index is 12.3. The third-order valence-electron chi connectivity index (χ3n) is 3.96. The number of hydrogen-bond acceptors (Lipinski definition) is 3. The van der Waals surface area contributed by atoms with Crippen LogP contribution in [0.2, 0.25) is 0 Å². The van der Waals surface area contributed by atoms with Crippen molar-refractivity contribution in [3.8, 4) is 0 Å². The van der Waals surface area contributed by atoms with Crippen LogP contribution >= 0.6 is 0 Å². The third-order valence-corrected chi connectivity index (χ3v) is 3.96. The van der Waals surface area contributed by atoms with Crippen molar-refractivity contribution in [2.24, 2.45) is 0 Å². The molecule has 0 saturated carbocycles. The molecule has 1 aromatic rings. The molecule has 1 aliphatic heterocycles. The van der Waals surface area contributed by atoms with Crippen LogP contribution in [0.5, 0.6) is 0 Å². The van der Waals surface area contributed by atoms with E-state index in [-0.39, 0.29) is 17.9 Å². The second-order valence-electron chi connectivity index (χ2n) is 5.71. The Morgan fingerprint density at radius 2 is 2.00 bits per heavy atom. The second-order valence-corrected chi connectivity index (χ2v) is 5.71. The van der Waals surface area contributed by atoms with E-state index in [1.807, 2.05) is 38.1 Å². The maximum Gasteiger partial charge on any atom is 0.242 e. The number of aryl methyl sites for hydroxylation is 1. The minimum Gasteiger partial charge on any atom is -0.353 e. The van der Waals surface area contributed by atoms with Gasteiger partial charge in [0.1, 0.15) is 6.04 Å². The predicted octanol–water partition coefficient (Wildman–Crippen LogP) is 1.21. The largest absolute Gasteiger partial charge is 0.353 e. The lowest BCUT2D eigenvalue weighted by Gasteiger charge is -2.24. The third kappa shape index (κ3) is 4.31. The molecule has 1 unspecified atom stereocenters. The molecule has 1 aliphatic rings. The molecule has 2 amide bonds. The average molecular weight is 303 g/mol. The van der Waals surface area contributed by atoms with Crippen LogP contribution in [0, 0.1) is 6.92 Å². The number of nitrogens with zero attached hydrogens (tertiary/aromatic N) is 1. The number of carbonyl (C=O) groups is 2. The summed E-state index contributed by atoms with van der Waals surface area (Å²) >= 11 is 0. The fourth-order valence-corrected chi connectivity index (χ4v) is 2.66. The van der Waals surface area contributed by atoms with E-state index in [9.17, 15) is 9.59 Å². The van der Waals surface area contributed by atoms with Gasteiger partial charge in [0.2, 0.25) is 11.8 Å². The molecule has 22 heavy (non-hydrogen) atoms. The van der Waals surface area contributed by atoms with Crippen LogP contribution in [0.25, 0.3) is 0 Å². The number of likely N-dealkylation sites (tertiary alicyclic amines) is 1. The Kier molecular flexibility index (Phi) is 5.95. The Morgan fingerprint density at radius 3 is 2.68 bits per heavy atom. The van der Waals surface area contributed by atoms with Crippen LogP contribution in [0.4, 0.5) is 0 Å². The van der Waals surface area contributed by atoms with E-state index in [0.717, 1.165) is 18.7 Å². The molecule has 1 atom stereocenters. The molecule has 5 nitrogen and oxygen atoms in total. The van der Waals surface area contributed by atoms with Crippen LogP contribution in [-0.2, 0) is 16.1 Å². The highest BCUT2D eigenvalue weighted by molar-refractivity contribution is 5.90. The van der Waals surface area contributed by atoms with Crippen molar-refractivity contribution in [1.29, 1.82) is 0 Å². The summed E-state index contributed by atoms with van der Waals surface area (Å²) < 4.78 is 0. The average Bonchev–Trinajstić information content (AvgIpc) is 2.87. The van der Waals surface area contributed by atoms with Gasteiger partial charge in [-0.2, -0.15) is 0 Å². The van der Waals surface area contributed by atoms with E-state index < -0.39 is 0 Å². The molecule has 1 fully saturated rings. The number of hydrogen-bond donors (Lipinski definition) is 2.